The van der Waals surface area contributed by atoms with Crippen molar-refractivity contribution in [2.75, 3.05) is 58.3 Å². The second-order valence-electron chi connectivity index (χ2n) is 6.29. The van der Waals surface area contributed by atoms with Crippen molar-refractivity contribution >= 4 is 17.8 Å². The lowest BCUT2D eigenvalue weighted by Crippen LogP contribution is -2.39. The number of aromatic nitrogens is 2. The third kappa shape index (κ3) is 5.12. The summed E-state index contributed by atoms with van der Waals surface area (Å²) in [5.74, 6) is 0.335. The predicted molar refractivity (Wildman–Crippen MR) is 94.7 cm³/mol. The van der Waals surface area contributed by atoms with Crippen LogP contribution in [0.4, 0.5) is 5.95 Å². The van der Waals surface area contributed by atoms with E-state index in [-0.39, 0.29) is 5.91 Å². The molecule has 0 bridgehead atoms. The van der Waals surface area contributed by atoms with Gasteiger partial charge in [-0.1, -0.05) is 0 Å². The SMILES string of the molecule is CCOC(=O)c1cnc(N2CCCN(CC(=O)N(C)C)CC2)nc1C. The summed E-state index contributed by atoms with van der Waals surface area (Å²) < 4.78 is 5.01. The van der Waals surface area contributed by atoms with Crippen LogP contribution in [-0.4, -0.2) is 85.1 Å². The Bertz CT molecular complexity index is 620. The number of anilines is 1. The number of hydrogen-bond donors (Lipinski definition) is 0. The van der Waals surface area contributed by atoms with E-state index in [0.717, 1.165) is 32.6 Å². The van der Waals surface area contributed by atoms with Crippen molar-refractivity contribution in [2.45, 2.75) is 20.3 Å². The number of nitrogens with zero attached hydrogens (tertiary/aromatic N) is 5. The van der Waals surface area contributed by atoms with Crippen molar-refractivity contribution in [2.24, 2.45) is 0 Å². The van der Waals surface area contributed by atoms with Gasteiger partial charge in [-0.3, -0.25) is 9.69 Å². The topological polar surface area (TPSA) is 78.9 Å². The van der Waals surface area contributed by atoms with Gasteiger partial charge in [0.1, 0.15) is 0 Å². The van der Waals surface area contributed by atoms with Gasteiger partial charge in [-0.15, -0.1) is 0 Å². The Balaban J connectivity index is 2.01. The van der Waals surface area contributed by atoms with Crippen LogP contribution in [0.3, 0.4) is 0 Å². The van der Waals surface area contributed by atoms with E-state index in [1.54, 1.807) is 32.8 Å². The number of esters is 1. The summed E-state index contributed by atoms with van der Waals surface area (Å²) in [6, 6.07) is 0. The van der Waals surface area contributed by atoms with E-state index < -0.39 is 5.97 Å². The van der Waals surface area contributed by atoms with Crippen LogP contribution in [0.2, 0.25) is 0 Å². The zero-order valence-corrected chi connectivity index (χ0v) is 15.5. The van der Waals surface area contributed by atoms with Crippen LogP contribution in [0.1, 0.15) is 29.4 Å². The van der Waals surface area contributed by atoms with Crippen LogP contribution in [0.15, 0.2) is 6.20 Å². The number of aryl methyl sites for hydroxylation is 1. The normalized spacial score (nSPS) is 15.6. The molecule has 2 heterocycles. The zero-order chi connectivity index (χ0) is 18.4. The number of ether oxygens (including phenoxy) is 1. The van der Waals surface area contributed by atoms with Crippen molar-refractivity contribution in [3.63, 3.8) is 0 Å². The van der Waals surface area contributed by atoms with Crippen molar-refractivity contribution in [1.82, 2.24) is 19.8 Å². The first-order chi connectivity index (χ1) is 11.9. The van der Waals surface area contributed by atoms with Crippen LogP contribution in [0.25, 0.3) is 0 Å². The molecular weight excluding hydrogens is 322 g/mol. The number of likely N-dealkylation sites (N-methyl/N-ethyl adjacent to an activating group) is 1. The van der Waals surface area contributed by atoms with Gasteiger partial charge in [0.05, 0.1) is 24.4 Å². The molecule has 8 heteroatoms. The minimum absolute atomic E-state index is 0.110. The maximum absolute atomic E-state index is 11.9. The van der Waals surface area contributed by atoms with Crippen molar-refractivity contribution in [3.8, 4) is 0 Å². The van der Waals surface area contributed by atoms with Gasteiger partial charge in [-0.2, -0.15) is 0 Å². The Morgan fingerprint density at radius 1 is 1.24 bits per heavy atom. The highest BCUT2D eigenvalue weighted by molar-refractivity contribution is 5.90. The Labute approximate surface area is 148 Å². The second-order valence-corrected chi connectivity index (χ2v) is 6.29. The molecular formula is C17H27N5O3. The van der Waals surface area contributed by atoms with E-state index in [1.807, 2.05) is 0 Å². The second kappa shape index (κ2) is 8.75. The van der Waals surface area contributed by atoms with Crippen LogP contribution in [0, 0.1) is 6.92 Å². The van der Waals surface area contributed by atoms with E-state index >= 15 is 0 Å². The van der Waals surface area contributed by atoms with Gasteiger partial charge in [-0.25, -0.2) is 14.8 Å². The molecule has 0 saturated carbocycles. The first kappa shape index (κ1) is 19.1. The lowest BCUT2D eigenvalue weighted by Gasteiger charge is -2.23. The number of carbonyl (C=O) groups is 2. The van der Waals surface area contributed by atoms with E-state index in [4.69, 9.17) is 4.74 Å². The summed E-state index contributed by atoms with van der Waals surface area (Å²) in [6.45, 7) is 7.54. The molecule has 0 spiro atoms. The Morgan fingerprint density at radius 3 is 2.64 bits per heavy atom. The smallest absolute Gasteiger partial charge is 0.341 e. The fraction of sp³-hybridized carbons (Fsp3) is 0.647. The highest BCUT2D eigenvalue weighted by Crippen LogP contribution is 2.15. The molecule has 1 aromatic rings. The highest BCUT2D eigenvalue weighted by atomic mass is 16.5. The predicted octanol–water partition coefficient (Wildman–Crippen LogP) is 0.562. The summed E-state index contributed by atoms with van der Waals surface area (Å²) in [4.78, 5) is 38.4. The standard InChI is InChI=1S/C17H27N5O3/c1-5-25-16(24)14-11-18-17(19-13(14)2)22-8-6-7-21(9-10-22)12-15(23)20(3)4/h11H,5-10,12H2,1-4H3. The molecule has 0 atom stereocenters. The van der Waals surface area contributed by atoms with Gasteiger partial charge >= 0.3 is 5.97 Å². The molecule has 25 heavy (non-hydrogen) atoms. The largest absolute Gasteiger partial charge is 0.462 e. The molecule has 8 nitrogen and oxygen atoms in total. The third-order valence-electron chi connectivity index (χ3n) is 4.19. The summed E-state index contributed by atoms with van der Waals surface area (Å²) in [5, 5.41) is 0. The Kier molecular flexibility index (Phi) is 6.69. The zero-order valence-electron chi connectivity index (χ0n) is 15.5. The quantitative estimate of drug-likeness (QED) is 0.719. The summed E-state index contributed by atoms with van der Waals surface area (Å²) in [6.07, 6.45) is 2.47. The van der Waals surface area contributed by atoms with Gasteiger partial charge in [0, 0.05) is 46.5 Å². The fourth-order valence-electron chi connectivity index (χ4n) is 2.68. The molecule has 0 unspecified atom stereocenters. The van der Waals surface area contributed by atoms with Gasteiger partial charge in [0.15, 0.2) is 0 Å². The monoisotopic (exact) mass is 349 g/mol. The molecule has 138 valence electrons. The molecule has 0 radical (unpaired) electrons. The van der Waals surface area contributed by atoms with Crippen LogP contribution < -0.4 is 4.90 Å². The third-order valence-corrected chi connectivity index (χ3v) is 4.19. The minimum atomic E-state index is -0.393. The molecule has 1 aliphatic heterocycles. The Hall–Kier alpha value is -2.22. The summed E-state index contributed by atoms with van der Waals surface area (Å²) in [5.41, 5.74) is 1.02. The molecule has 2 rings (SSSR count). The maximum atomic E-state index is 11.9. The number of amides is 1. The number of hydrogen-bond acceptors (Lipinski definition) is 7. The molecule has 1 aliphatic rings. The first-order valence-electron chi connectivity index (χ1n) is 8.60. The summed E-state index contributed by atoms with van der Waals surface area (Å²) >= 11 is 0. The van der Waals surface area contributed by atoms with Gasteiger partial charge < -0.3 is 14.5 Å². The minimum Gasteiger partial charge on any atom is -0.462 e. The average Bonchev–Trinajstić information content (AvgIpc) is 2.80. The molecule has 0 aromatic carbocycles. The van der Waals surface area contributed by atoms with Gasteiger partial charge in [0.2, 0.25) is 11.9 Å². The lowest BCUT2D eigenvalue weighted by atomic mass is 10.2. The molecule has 1 aromatic heterocycles. The highest BCUT2D eigenvalue weighted by Gasteiger charge is 2.21. The van der Waals surface area contributed by atoms with Crippen LogP contribution in [-0.2, 0) is 9.53 Å². The van der Waals surface area contributed by atoms with Crippen molar-refractivity contribution < 1.29 is 14.3 Å². The van der Waals surface area contributed by atoms with Crippen LogP contribution in [0.5, 0.6) is 0 Å². The van der Waals surface area contributed by atoms with E-state index in [0.29, 0.717) is 30.4 Å². The van der Waals surface area contributed by atoms with Crippen molar-refractivity contribution in [3.05, 3.63) is 17.5 Å². The van der Waals surface area contributed by atoms with Crippen LogP contribution >= 0.6 is 0 Å². The van der Waals surface area contributed by atoms with E-state index in [1.165, 1.54) is 6.20 Å². The Morgan fingerprint density at radius 2 is 2.00 bits per heavy atom. The average molecular weight is 349 g/mol. The number of carbonyl (C=O) groups excluding carboxylic acids is 2. The molecule has 0 N–H and O–H groups in total. The molecule has 1 saturated heterocycles. The summed E-state index contributed by atoms with van der Waals surface area (Å²) in [7, 11) is 3.54. The van der Waals surface area contributed by atoms with Gasteiger partial charge in [0.25, 0.3) is 0 Å². The molecule has 1 fully saturated rings. The van der Waals surface area contributed by atoms with Crippen molar-refractivity contribution in [1.29, 1.82) is 0 Å². The number of rotatable bonds is 5. The lowest BCUT2D eigenvalue weighted by molar-refractivity contribution is -0.129. The van der Waals surface area contributed by atoms with E-state index in [9.17, 15) is 9.59 Å². The maximum Gasteiger partial charge on any atom is 0.341 e. The first-order valence-corrected chi connectivity index (χ1v) is 8.60. The fourth-order valence-corrected chi connectivity index (χ4v) is 2.68. The van der Waals surface area contributed by atoms with Gasteiger partial charge in [-0.05, 0) is 20.3 Å². The molecule has 0 aliphatic carbocycles. The van der Waals surface area contributed by atoms with E-state index in [2.05, 4.69) is 19.8 Å². The molecule has 1 amide bonds.